The highest BCUT2D eigenvalue weighted by atomic mass is 32.2. The van der Waals surface area contributed by atoms with E-state index in [9.17, 15) is 4.79 Å². The van der Waals surface area contributed by atoms with Crippen molar-refractivity contribution >= 4 is 45.5 Å². The van der Waals surface area contributed by atoms with Gasteiger partial charge in [-0.1, -0.05) is 48.2 Å². The molecule has 4 rings (SSSR count). The fourth-order valence-electron chi connectivity index (χ4n) is 4.02. The SMILES string of the molecule is CCc1cccc(C)c1Nc1nnc(SCCC(=O)N2CCN(c3ccc(OC)cc3)CC2)s1. The molecule has 0 radical (unpaired) electrons. The monoisotopic (exact) mass is 497 g/mol. The molecule has 1 N–H and O–H groups in total. The maximum Gasteiger partial charge on any atom is 0.223 e. The molecule has 9 heteroatoms. The number of amides is 1. The number of aromatic nitrogens is 2. The smallest absolute Gasteiger partial charge is 0.223 e. The summed E-state index contributed by atoms with van der Waals surface area (Å²) >= 11 is 3.13. The van der Waals surface area contributed by atoms with Crippen molar-refractivity contribution in [2.24, 2.45) is 0 Å². The first kappa shape index (κ1) is 24.3. The number of rotatable bonds is 9. The molecule has 1 amide bonds. The first-order valence-corrected chi connectivity index (χ1v) is 13.4. The Balaban J connectivity index is 1.22. The number of anilines is 3. The number of aryl methyl sites for hydroxylation is 2. The van der Waals surface area contributed by atoms with Crippen LogP contribution in [0.5, 0.6) is 5.75 Å². The summed E-state index contributed by atoms with van der Waals surface area (Å²) in [6.07, 6.45) is 1.47. The van der Waals surface area contributed by atoms with E-state index >= 15 is 0 Å². The highest BCUT2D eigenvalue weighted by Crippen LogP contribution is 2.31. The number of ether oxygens (including phenoxy) is 1. The Morgan fingerprint density at radius 2 is 1.88 bits per heavy atom. The lowest BCUT2D eigenvalue weighted by Gasteiger charge is -2.36. The fourth-order valence-corrected chi connectivity index (χ4v) is 5.77. The third-order valence-electron chi connectivity index (χ3n) is 5.99. The van der Waals surface area contributed by atoms with Crippen molar-refractivity contribution in [3.8, 4) is 5.75 Å². The number of methoxy groups -OCH3 is 1. The van der Waals surface area contributed by atoms with Crippen LogP contribution in [0.4, 0.5) is 16.5 Å². The van der Waals surface area contributed by atoms with Gasteiger partial charge in [-0.2, -0.15) is 0 Å². The van der Waals surface area contributed by atoms with Crippen LogP contribution >= 0.6 is 23.1 Å². The number of carbonyl (C=O) groups excluding carboxylic acids is 1. The summed E-state index contributed by atoms with van der Waals surface area (Å²) in [5, 5.41) is 12.8. The predicted octanol–water partition coefficient (Wildman–Crippen LogP) is 4.99. The van der Waals surface area contributed by atoms with Crippen LogP contribution in [-0.2, 0) is 11.2 Å². The Bertz CT molecular complexity index is 1090. The Morgan fingerprint density at radius 3 is 2.59 bits per heavy atom. The van der Waals surface area contributed by atoms with Gasteiger partial charge in [0.25, 0.3) is 0 Å². The van der Waals surface area contributed by atoms with Gasteiger partial charge in [-0.25, -0.2) is 0 Å². The van der Waals surface area contributed by atoms with Gasteiger partial charge in [0.15, 0.2) is 4.34 Å². The molecule has 1 fully saturated rings. The average molecular weight is 498 g/mol. The normalized spacial score (nSPS) is 13.7. The second kappa shape index (κ2) is 11.6. The molecule has 34 heavy (non-hydrogen) atoms. The van der Waals surface area contributed by atoms with Crippen LogP contribution < -0.4 is 15.0 Å². The van der Waals surface area contributed by atoms with Gasteiger partial charge in [-0.05, 0) is 48.7 Å². The molecule has 0 saturated carbocycles. The summed E-state index contributed by atoms with van der Waals surface area (Å²) in [5.74, 6) is 1.77. The van der Waals surface area contributed by atoms with Crippen molar-refractivity contribution in [3.05, 3.63) is 53.6 Å². The lowest BCUT2D eigenvalue weighted by atomic mass is 10.1. The summed E-state index contributed by atoms with van der Waals surface area (Å²) in [7, 11) is 1.67. The zero-order chi connectivity index (χ0) is 23.9. The van der Waals surface area contributed by atoms with Crippen molar-refractivity contribution in [3.63, 3.8) is 0 Å². The molecule has 1 aromatic heterocycles. The molecule has 180 valence electrons. The Kier molecular flexibility index (Phi) is 8.29. The molecule has 3 aromatic rings. The van der Waals surface area contributed by atoms with Gasteiger partial charge < -0.3 is 19.9 Å². The van der Waals surface area contributed by atoms with Crippen LogP contribution in [0.15, 0.2) is 46.8 Å². The first-order valence-electron chi connectivity index (χ1n) is 11.6. The number of nitrogens with one attached hydrogen (secondary N) is 1. The number of thioether (sulfide) groups is 1. The van der Waals surface area contributed by atoms with E-state index in [1.54, 1.807) is 18.9 Å². The summed E-state index contributed by atoms with van der Waals surface area (Å²) < 4.78 is 6.11. The number of nitrogens with zero attached hydrogens (tertiary/aromatic N) is 4. The van der Waals surface area contributed by atoms with Crippen LogP contribution in [0.1, 0.15) is 24.5 Å². The standard InChI is InChI=1S/C25H31N5O2S2/c1-4-19-7-5-6-18(2)23(19)26-24-27-28-25(34-24)33-17-12-22(31)30-15-13-29(14-16-30)20-8-10-21(32-3)11-9-20/h5-11H,4,12-17H2,1-3H3,(H,26,27). The number of hydrogen-bond acceptors (Lipinski definition) is 8. The van der Waals surface area contributed by atoms with Crippen LogP contribution in [0.2, 0.25) is 0 Å². The minimum Gasteiger partial charge on any atom is -0.497 e. The van der Waals surface area contributed by atoms with Crippen molar-refractivity contribution in [2.75, 3.05) is 49.3 Å². The largest absolute Gasteiger partial charge is 0.497 e. The molecule has 0 aliphatic carbocycles. The molecule has 2 heterocycles. The molecule has 2 aromatic carbocycles. The quantitative estimate of drug-likeness (QED) is 0.418. The van der Waals surface area contributed by atoms with E-state index in [-0.39, 0.29) is 5.91 Å². The van der Waals surface area contributed by atoms with Gasteiger partial charge in [0.1, 0.15) is 5.75 Å². The zero-order valence-corrected chi connectivity index (χ0v) is 21.5. The Morgan fingerprint density at radius 1 is 1.12 bits per heavy atom. The molecule has 0 unspecified atom stereocenters. The van der Waals surface area contributed by atoms with E-state index in [4.69, 9.17) is 4.74 Å². The van der Waals surface area contributed by atoms with E-state index in [0.717, 1.165) is 53.5 Å². The van der Waals surface area contributed by atoms with E-state index in [1.807, 2.05) is 17.0 Å². The van der Waals surface area contributed by atoms with Gasteiger partial charge in [0.2, 0.25) is 11.0 Å². The molecule has 0 spiro atoms. The number of piperazine rings is 1. The zero-order valence-electron chi connectivity index (χ0n) is 19.9. The third-order valence-corrected chi connectivity index (χ3v) is 7.96. The second-order valence-corrected chi connectivity index (χ2v) is 10.4. The molecule has 1 aliphatic rings. The Labute approximate surface area is 209 Å². The van der Waals surface area contributed by atoms with Crippen molar-refractivity contribution in [1.29, 1.82) is 0 Å². The third kappa shape index (κ3) is 6.01. The summed E-state index contributed by atoms with van der Waals surface area (Å²) in [6, 6.07) is 14.4. The van der Waals surface area contributed by atoms with Gasteiger partial charge in [-0.15, -0.1) is 10.2 Å². The molecular weight excluding hydrogens is 466 g/mol. The average Bonchev–Trinajstić information content (AvgIpc) is 3.32. The van der Waals surface area contributed by atoms with E-state index < -0.39 is 0 Å². The van der Waals surface area contributed by atoms with Gasteiger partial charge >= 0.3 is 0 Å². The van der Waals surface area contributed by atoms with Gasteiger partial charge in [-0.3, -0.25) is 4.79 Å². The lowest BCUT2D eigenvalue weighted by Crippen LogP contribution is -2.48. The Hall–Kier alpha value is -2.78. The minimum atomic E-state index is 0.206. The molecule has 1 saturated heterocycles. The van der Waals surface area contributed by atoms with Crippen molar-refractivity contribution in [1.82, 2.24) is 15.1 Å². The van der Waals surface area contributed by atoms with Crippen LogP contribution in [0, 0.1) is 6.92 Å². The highest BCUT2D eigenvalue weighted by molar-refractivity contribution is 8.01. The lowest BCUT2D eigenvalue weighted by molar-refractivity contribution is -0.131. The molecule has 7 nitrogen and oxygen atoms in total. The van der Waals surface area contributed by atoms with E-state index in [2.05, 4.69) is 64.6 Å². The van der Waals surface area contributed by atoms with Crippen LogP contribution in [0.25, 0.3) is 0 Å². The molecular formula is C25H31N5O2S2. The maximum absolute atomic E-state index is 12.7. The van der Waals surface area contributed by atoms with Crippen molar-refractivity contribution < 1.29 is 9.53 Å². The second-order valence-electron chi connectivity index (χ2n) is 8.13. The highest BCUT2D eigenvalue weighted by Gasteiger charge is 2.21. The van der Waals surface area contributed by atoms with Crippen molar-refractivity contribution in [2.45, 2.75) is 31.0 Å². The minimum absolute atomic E-state index is 0.206. The molecule has 1 aliphatic heterocycles. The van der Waals surface area contributed by atoms with Crippen LogP contribution in [0.3, 0.4) is 0 Å². The van der Waals surface area contributed by atoms with E-state index in [0.29, 0.717) is 12.2 Å². The van der Waals surface area contributed by atoms with Crippen LogP contribution in [-0.4, -0.2) is 60.0 Å². The molecule has 0 bridgehead atoms. The summed E-state index contributed by atoms with van der Waals surface area (Å²) in [6.45, 7) is 7.43. The van der Waals surface area contributed by atoms with Gasteiger partial charge in [0.05, 0.1) is 7.11 Å². The van der Waals surface area contributed by atoms with E-state index in [1.165, 1.54) is 28.2 Å². The number of benzene rings is 2. The number of para-hydroxylation sites is 1. The number of carbonyl (C=O) groups is 1. The number of hydrogen-bond donors (Lipinski definition) is 1. The maximum atomic E-state index is 12.7. The van der Waals surface area contributed by atoms with Gasteiger partial charge in [0, 0.05) is 49.7 Å². The topological polar surface area (TPSA) is 70.6 Å². The summed E-state index contributed by atoms with van der Waals surface area (Å²) in [5.41, 5.74) is 4.74. The fraction of sp³-hybridized carbons (Fsp3) is 0.400. The predicted molar refractivity (Wildman–Crippen MR) is 141 cm³/mol. The summed E-state index contributed by atoms with van der Waals surface area (Å²) in [4.78, 5) is 17.0. The first-order chi connectivity index (χ1) is 16.6. The molecule has 0 atom stereocenters.